The summed E-state index contributed by atoms with van der Waals surface area (Å²) in [4.78, 5) is 12.9. The third kappa shape index (κ3) is 1.21. The number of fused-ring (bicyclic) bond motifs is 5. The highest BCUT2D eigenvalue weighted by atomic mass is 14.7. The molecule has 0 saturated carbocycles. The molecule has 0 aliphatic heterocycles. The van der Waals surface area contributed by atoms with Gasteiger partial charge in [0.1, 0.15) is 0 Å². The highest BCUT2D eigenvalue weighted by Crippen LogP contribution is 2.28. The zero-order chi connectivity index (χ0) is 11.9. The van der Waals surface area contributed by atoms with Gasteiger partial charge in [-0.15, -0.1) is 0 Å². The van der Waals surface area contributed by atoms with Gasteiger partial charge in [0.05, 0.1) is 5.52 Å². The normalized spacial score (nSPS) is 11.3. The van der Waals surface area contributed by atoms with Crippen LogP contribution in [0.5, 0.6) is 0 Å². The molecular formula is C15H9N3. The lowest BCUT2D eigenvalue weighted by molar-refractivity contribution is 1.34. The Bertz CT molecular complexity index is 809. The molecule has 0 fully saturated rings. The maximum Gasteiger partial charge on any atom is 0.0802 e. The highest BCUT2D eigenvalue weighted by molar-refractivity contribution is 6.14. The minimum Gasteiger partial charge on any atom is -0.264 e. The maximum absolute atomic E-state index is 4.56. The molecule has 0 amide bonds. The van der Waals surface area contributed by atoms with E-state index in [1.54, 1.807) is 6.20 Å². The molecule has 84 valence electrons. The fraction of sp³-hybridized carbons (Fsp3) is 0. The van der Waals surface area contributed by atoms with Crippen molar-refractivity contribution < 1.29 is 0 Å². The Kier molecular flexibility index (Phi) is 1.83. The molecule has 4 rings (SSSR count). The molecule has 3 nitrogen and oxygen atoms in total. The van der Waals surface area contributed by atoms with Gasteiger partial charge in [0.25, 0.3) is 0 Å². The van der Waals surface area contributed by atoms with Crippen LogP contribution in [0, 0.1) is 0 Å². The standard InChI is InChI=1S/C15H9N3/c1-2-13-12-4-6-16-7-11(12)8-18-15(13)14-9-17-5-3-10(1)14/h1-9H. The summed E-state index contributed by atoms with van der Waals surface area (Å²) in [5, 5.41) is 5.65. The molecule has 0 aliphatic carbocycles. The van der Waals surface area contributed by atoms with Gasteiger partial charge in [-0.3, -0.25) is 15.0 Å². The number of benzene rings is 1. The smallest absolute Gasteiger partial charge is 0.0802 e. The van der Waals surface area contributed by atoms with Crippen molar-refractivity contribution >= 4 is 32.4 Å². The van der Waals surface area contributed by atoms with Gasteiger partial charge < -0.3 is 0 Å². The summed E-state index contributed by atoms with van der Waals surface area (Å²) in [6.45, 7) is 0. The lowest BCUT2D eigenvalue weighted by atomic mass is 10.0. The van der Waals surface area contributed by atoms with Gasteiger partial charge in [0.2, 0.25) is 0 Å². The Morgan fingerprint density at radius 2 is 1.50 bits per heavy atom. The van der Waals surface area contributed by atoms with E-state index in [0.717, 1.165) is 21.7 Å². The lowest BCUT2D eigenvalue weighted by Gasteiger charge is -2.05. The fourth-order valence-corrected chi connectivity index (χ4v) is 2.39. The molecule has 1 aromatic carbocycles. The average molecular weight is 231 g/mol. The zero-order valence-electron chi connectivity index (χ0n) is 9.54. The van der Waals surface area contributed by atoms with Crippen LogP contribution >= 0.6 is 0 Å². The molecule has 0 unspecified atom stereocenters. The number of aromatic nitrogens is 3. The van der Waals surface area contributed by atoms with E-state index in [4.69, 9.17) is 0 Å². The van der Waals surface area contributed by atoms with Crippen molar-refractivity contribution in [1.82, 2.24) is 15.0 Å². The third-order valence-corrected chi connectivity index (χ3v) is 3.27. The van der Waals surface area contributed by atoms with Gasteiger partial charge in [-0.05, 0) is 22.9 Å². The van der Waals surface area contributed by atoms with E-state index in [9.17, 15) is 0 Å². The topological polar surface area (TPSA) is 38.7 Å². The summed E-state index contributed by atoms with van der Waals surface area (Å²) in [6, 6.07) is 8.27. The Labute approximate surface area is 103 Å². The average Bonchev–Trinajstić information content (AvgIpc) is 2.46. The summed E-state index contributed by atoms with van der Waals surface area (Å²) in [5.74, 6) is 0. The van der Waals surface area contributed by atoms with Crippen LogP contribution in [0.15, 0.2) is 55.2 Å². The van der Waals surface area contributed by atoms with Crippen LogP contribution in [0.2, 0.25) is 0 Å². The van der Waals surface area contributed by atoms with Crippen LogP contribution < -0.4 is 0 Å². The van der Waals surface area contributed by atoms with Crippen LogP contribution in [-0.4, -0.2) is 15.0 Å². The molecule has 3 aromatic heterocycles. The molecule has 0 N–H and O–H groups in total. The first-order chi connectivity index (χ1) is 8.93. The molecule has 0 spiro atoms. The molecule has 3 heteroatoms. The predicted octanol–water partition coefficient (Wildman–Crippen LogP) is 3.33. The summed E-state index contributed by atoms with van der Waals surface area (Å²) in [5.41, 5.74) is 0.999. The van der Waals surface area contributed by atoms with E-state index >= 15 is 0 Å². The number of rotatable bonds is 0. The predicted molar refractivity (Wildman–Crippen MR) is 72.3 cm³/mol. The molecule has 0 aliphatic rings. The monoisotopic (exact) mass is 231 g/mol. The second kappa shape index (κ2) is 3.47. The minimum atomic E-state index is 0.999. The van der Waals surface area contributed by atoms with E-state index < -0.39 is 0 Å². The molecule has 0 radical (unpaired) electrons. The number of nitrogens with zero attached hydrogens (tertiary/aromatic N) is 3. The fourth-order valence-electron chi connectivity index (χ4n) is 2.39. The molecule has 0 atom stereocenters. The van der Waals surface area contributed by atoms with E-state index in [0.29, 0.717) is 0 Å². The van der Waals surface area contributed by atoms with Gasteiger partial charge >= 0.3 is 0 Å². The van der Waals surface area contributed by atoms with Gasteiger partial charge in [-0.1, -0.05) is 12.1 Å². The van der Waals surface area contributed by atoms with Crippen molar-refractivity contribution in [3.8, 4) is 0 Å². The Balaban J connectivity index is 2.31. The SMILES string of the molecule is c1cc2c(cn1)cnc1c3cnccc3ccc21. The third-order valence-electron chi connectivity index (χ3n) is 3.27. The maximum atomic E-state index is 4.56. The minimum absolute atomic E-state index is 0.999. The first kappa shape index (κ1) is 9.48. The Hall–Kier alpha value is -2.55. The quantitative estimate of drug-likeness (QED) is 0.436. The van der Waals surface area contributed by atoms with Crippen molar-refractivity contribution in [2.75, 3.05) is 0 Å². The van der Waals surface area contributed by atoms with Crippen LogP contribution in [0.1, 0.15) is 0 Å². The summed E-state index contributed by atoms with van der Waals surface area (Å²) >= 11 is 0. The van der Waals surface area contributed by atoms with Gasteiger partial charge in [-0.2, -0.15) is 0 Å². The molecule has 3 heterocycles. The number of hydrogen-bond acceptors (Lipinski definition) is 3. The zero-order valence-corrected chi connectivity index (χ0v) is 9.54. The molecule has 4 aromatic rings. The molecule has 0 saturated heterocycles. The molecule has 0 bridgehead atoms. The van der Waals surface area contributed by atoms with Crippen LogP contribution in [0.4, 0.5) is 0 Å². The first-order valence-electron chi connectivity index (χ1n) is 5.79. The summed E-state index contributed by atoms with van der Waals surface area (Å²) < 4.78 is 0. The second-order valence-corrected chi connectivity index (χ2v) is 4.28. The van der Waals surface area contributed by atoms with E-state index in [1.807, 2.05) is 36.9 Å². The van der Waals surface area contributed by atoms with Crippen molar-refractivity contribution in [1.29, 1.82) is 0 Å². The van der Waals surface area contributed by atoms with Crippen LogP contribution in [-0.2, 0) is 0 Å². The van der Waals surface area contributed by atoms with Crippen LogP contribution in [0.3, 0.4) is 0 Å². The highest BCUT2D eigenvalue weighted by Gasteiger charge is 2.05. The van der Waals surface area contributed by atoms with Gasteiger partial charge in [0, 0.05) is 47.1 Å². The number of pyridine rings is 3. The van der Waals surface area contributed by atoms with E-state index in [-0.39, 0.29) is 0 Å². The second-order valence-electron chi connectivity index (χ2n) is 4.28. The van der Waals surface area contributed by atoms with E-state index in [2.05, 4.69) is 27.1 Å². The summed E-state index contributed by atoms with van der Waals surface area (Å²) in [7, 11) is 0. The van der Waals surface area contributed by atoms with Crippen LogP contribution in [0.25, 0.3) is 32.4 Å². The molecular weight excluding hydrogens is 222 g/mol. The Morgan fingerprint density at radius 1 is 0.611 bits per heavy atom. The van der Waals surface area contributed by atoms with Gasteiger partial charge in [0.15, 0.2) is 0 Å². The van der Waals surface area contributed by atoms with Gasteiger partial charge in [-0.25, -0.2) is 0 Å². The number of hydrogen-bond donors (Lipinski definition) is 0. The summed E-state index contributed by atoms with van der Waals surface area (Å²) in [6.07, 6.45) is 9.21. The molecule has 18 heavy (non-hydrogen) atoms. The van der Waals surface area contributed by atoms with Crippen molar-refractivity contribution in [2.24, 2.45) is 0 Å². The largest absolute Gasteiger partial charge is 0.264 e. The Morgan fingerprint density at radius 3 is 2.50 bits per heavy atom. The lowest BCUT2D eigenvalue weighted by Crippen LogP contribution is -1.85. The first-order valence-corrected chi connectivity index (χ1v) is 5.79. The van der Waals surface area contributed by atoms with Crippen molar-refractivity contribution in [3.63, 3.8) is 0 Å². The van der Waals surface area contributed by atoms with E-state index in [1.165, 1.54) is 10.8 Å². The van der Waals surface area contributed by atoms with Crippen molar-refractivity contribution in [2.45, 2.75) is 0 Å². The van der Waals surface area contributed by atoms with Crippen molar-refractivity contribution in [3.05, 3.63) is 55.2 Å².